The number of aromatic nitrogens is 1. The number of amides is 3. The zero-order valence-electron chi connectivity index (χ0n) is 18.6. The smallest absolute Gasteiger partial charge is 0.323 e. The third-order valence-corrected chi connectivity index (χ3v) is 8.92. The lowest BCUT2D eigenvalue weighted by molar-refractivity contribution is -0.149. The van der Waals surface area contributed by atoms with Gasteiger partial charge in [-0.05, 0) is 37.0 Å². The van der Waals surface area contributed by atoms with Gasteiger partial charge >= 0.3 is 10.8 Å². The van der Waals surface area contributed by atoms with Crippen LogP contribution in [0.5, 0.6) is 5.75 Å². The molecular formula is C23H23N3O7S2. The van der Waals surface area contributed by atoms with E-state index in [1.165, 1.54) is 0 Å². The van der Waals surface area contributed by atoms with Gasteiger partial charge in [0, 0.05) is 23.9 Å². The molecule has 0 radical (unpaired) electrons. The van der Waals surface area contributed by atoms with Crippen molar-refractivity contribution >= 4 is 46.8 Å². The fourth-order valence-electron chi connectivity index (χ4n) is 4.88. The number of aromatic amines is 1. The van der Waals surface area contributed by atoms with Crippen LogP contribution in [-0.2, 0) is 19.2 Å². The molecule has 2 fully saturated rings. The van der Waals surface area contributed by atoms with Crippen LogP contribution < -0.4 is 9.61 Å². The molecule has 184 valence electrons. The summed E-state index contributed by atoms with van der Waals surface area (Å²) in [4.78, 5) is 67.4. The van der Waals surface area contributed by atoms with E-state index in [0.29, 0.717) is 21.2 Å². The number of carbonyl (C=O) groups excluding carboxylic acids is 3. The number of nitrogens with zero attached hydrogens (tertiary/aromatic N) is 2. The van der Waals surface area contributed by atoms with Crippen molar-refractivity contribution in [3.05, 3.63) is 44.4 Å². The van der Waals surface area contributed by atoms with Crippen molar-refractivity contribution in [3.63, 3.8) is 0 Å². The summed E-state index contributed by atoms with van der Waals surface area (Å²) in [6.45, 7) is 0.735. The van der Waals surface area contributed by atoms with E-state index in [4.69, 9.17) is 9.84 Å². The topological polar surface area (TPSA) is 137 Å². The number of fused-ring (bicyclic) bond motifs is 2. The summed E-state index contributed by atoms with van der Waals surface area (Å²) in [6.07, 6.45) is 3.13. The Morgan fingerprint density at radius 2 is 1.77 bits per heavy atom. The molecule has 0 unspecified atom stereocenters. The van der Waals surface area contributed by atoms with Gasteiger partial charge in [0.2, 0.25) is 11.8 Å². The minimum atomic E-state index is -1.27. The van der Waals surface area contributed by atoms with Crippen LogP contribution in [0.25, 0.3) is 0 Å². The minimum absolute atomic E-state index is 0.0590. The van der Waals surface area contributed by atoms with E-state index in [1.807, 2.05) is 0 Å². The fraction of sp³-hybridized carbons (Fsp3) is 0.435. The summed E-state index contributed by atoms with van der Waals surface area (Å²) in [7, 11) is 0. The minimum Gasteiger partial charge on any atom is -0.484 e. The van der Waals surface area contributed by atoms with Gasteiger partial charge < -0.3 is 19.7 Å². The number of benzene rings is 1. The molecule has 0 saturated carbocycles. The SMILES string of the molecule is O=C(O)CN1C(=O)[C@@H]2[C@H](c3ccc(OCC(=O)N4CCCCC4)cc3)c3sc(=O)[nH]c3S[C@@H]2C1=O. The molecule has 5 rings (SSSR count). The first-order valence-corrected chi connectivity index (χ1v) is 13.0. The highest BCUT2D eigenvalue weighted by molar-refractivity contribution is 8.00. The van der Waals surface area contributed by atoms with Gasteiger partial charge in [-0.15, -0.1) is 0 Å². The Morgan fingerprint density at radius 3 is 2.46 bits per heavy atom. The summed E-state index contributed by atoms with van der Waals surface area (Å²) in [5.41, 5.74) is 0.699. The van der Waals surface area contributed by atoms with Crippen LogP contribution in [0.3, 0.4) is 0 Å². The summed E-state index contributed by atoms with van der Waals surface area (Å²) in [5.74, 6) is -3.36. The van der Waals surface area contributed by atoms with E-state index in [-0.39, 0.29) is 17.4 Å². The lowest BCUT2D eigenvalue weighted by Gasteiger charge is -2.30. The Morgan fingerprint density at radius 1 is 1.06 bits per heavy atom. The maximum atomic E-state index is 13.2. The first kappa shape index (κ1) is 23.6. The Bertz CT molecular complexity index is 1230. The average molecular weight is 518 g/mol. The highest BCUT2D eigenvalue weighted by atomic mass is 32.2. The standard InChI is InChI=1S/C23H23N3O7S2/c27-14(25-8-2-1-3-9-25)11-33-13-6-4-12(5-7-13)16-17-19(34-20-18(16)35-23(32)24-20)22(31)26(21(17)30)10-15(28)29/h4-7,16-17,19H,1-3,8-11H2,(H,24,32)(H,28,29)/t16-,17+,19-/m0/s1. The van der Waals surface area contributed by atoms with Crippen molar-refractivity contribution in [2.45, 2.75) is 35.5 Å². The van der Waals surface area contributed by atoms with Crippen LogP contribution in [-0.4, -0.2) is 75.1 Å². The number of piperidine rings is 1. The molecule has 1 aromatic heterocycles. The number of imide groups is 1. The van der Waals surface area contributed by atoms with E-state index in [9.17, 15) is 24.0 Å². The number of likely N-dealkylation sites (tertiary alicyclic amines) is 2. The van der Waals surface area contributed by atoms with Crippen molar-refractivity contribution < 1.29 is 29.0 Å². The van der Waals surface area contributed by atoms with Gasteiger partial charge in [-0.25, -0.2) is 0 Å². The summed E-state index contributed by atoms with van der Waals surface area (Å²) in [6, 6.07) is 6.90. The number of H-pyrrole nitrogens is 1. The Hall–Kier alpha value is -3.12. The molecule has 3 aliphatic heterocycles. The van der Waals surface area contributed by atoms with E-state index in [0.717, 1.165) is 60.4 Å². The van der Waals surface area contributed by atoms with Crippen LogP contribution in [0.1, 0.15) is 35.6 Å². The van der Waals surface area contributed by atoms with Crippen molar-refractivity contribution in [1.82, 2.24) is 14.8 Å². The lowest BCUT2D eigenvalue weighted by Crippen LogP contribution is -2.38. The Balaban J connectivity index is 1.38. The first-order chi connectivity index (χ1) is 16.8. The number of rotatable bonds is 6. The lowest BCUT2D eigenvalue weighted by atomic mass is 9.83. The molecule has 2 aromatic rings. The highest BCUT2D eigenvalue weighted by Gasteiger charge is 2.56. The molecule has 3 atom stereocenters. The maximum Gasteiger partial charge on any atom is 0.323 e. The molecule has 1 aromatic carbocycles. The number of hydrogen-bond acceptors (Lipinski definition) is 8. The second-order valence-electron chi connectivity index (χ2n) is 8.71. The van der Waals surface area contributed by atoms with Gasteiger partial charge in [0.15, 0.2) is 6.61 Å². The van der Waals surface area contributed by atoms with Crippen molar-refractivity contribution in [1.29, 1.82) is 0 Å². The van der Waals surface area contributed by atoms with Gasteiger partial charge in [0.1, 0.15) is 17.5 Å². The van der Waals surface area contributed by atoms with E-state index in [1.54, 1.807) is 29.2 Å². The number of carbonyl (C=O) groups is 4. The van der Waals surface area contributed by atoms with Crippen LogP contribution in [0.4, 0.5) is 0 Å². The first-order valence-electron chi connectivity index (χ1n) is 11.3. The zero-order valence-corrected chi connectivity index (χ0v) is 20.2. The molecule has 10 nitrogen and oxygen atoms in total. The van der Waals surface area contributed by atoms with Crippen LogP contribution in [0.2, 0.25) is 0 Å². The van der Waals surface area contributed by atoms with Gasteiger partial charge in [-0.2, -0.15) is 0 Å². The third kappa shape index (κ3) is 4.47. The van der Waals surface area contributed by atoms with Gasteiger partial charge in [-0.1, -0.05) is 35.2 Å². The molecule has 0 bridgehead atoms. The quantitative estimate of drug-likeness (QED) is 0.550. The second kappa shape index (κ2) is 9.50. The molecule has 0 spiro atoms. The van der Waals surface area contributed by atoms with Gasteiger partial charge in [-0.3, -0.25) is 28.9 Å². The number of carboxylic acids is 1. The van der Waals surface area contributed by atoms with E-state index >= 15 is 0 Å². The van der Waals surface area contributed by atoms with Crippen LogP contribution in [0, 0.1) is 5.92 Å². The molecule has 12 heteroatoms. The summed E-state index contributed by atoms with van der Waals surface area (Å²) < 4.78 is 5.68. The predicted octanol–water partition coefficient (Wildman–Crippen LogP) is 1.50. The van der Waals surface area contributed by atoms with E-state index in [2.05, 4.69) is 4.98 Å². The monoisotopic (exact) mass is 517 g/mol. The predicted molar refractivity (Wildman–Crippen MR) is 127 cm³/mol. The van der Waals surface area contributed by atoms with Gasteiger partial charge in [0.25, 0.3) is 5.91 Å². The Labute approximate surface area is 208 Å². The maximum absolute atomic E-state index is 13.2. The van der Waals surface area contributed by atoms with Crippen molar-refractivity contribution in [2.24, 2.45) is 5.92 Å². The average Bonchev–Trinajstić information content (AvgIpc) is 3.33. The Kier molecular flexibility index (Phi) is 6.41. The number of carboxylic acid groups (broad SMARTS) is 1. The highest BCUT2D eigenvalue weighted by Crippen LogP contribution is 2.52. The summed E-state index contributed by atoms with van der Waals surface area (Å²) >= 11 is 2.08. The number of thiazole rings is 1. The number of nitrogens with one attached hydrogen (secondary N) is 1. The largest absolute Gasteiger partial charge is 0.484 e. The van der Waals surface area contributed by atoms with Crippen LogP contribution >= 0.6 is 23.1 Å². The third-order valence-electron chi connectivity index (χ3n) is 6.52. The summed E-state index contributed by atoms with van der Waals surface area (Å²) in [5, 5.41) is 8.87. The molecule has 0 aliphatic carbocycles. The number of thioether (sulfide) groups is 1. The molecule has 2 N–H and O–H groups in total. The number of aliphatic carboxylic acids is 1. The molecule has 4 heterocycles. The second-order valence-corrected chi connectivity index (χ2v) is 10.9. The normalized spacial score (nSPS) is 23.7. The molecule has 3 amide bonds. The molecule has 2 saturated heterocycles. The molecule has 35 heavy (non-hydrogen) atoms. The van der Waals surface area contributed by atoms with Crippen LogP contribution in [0.15, 0.2) is 34.1 Å². The number of hydrogen-bond donors (Lipinski definition) is 2. The van der Waals surface area contributed by atoms with Crippen molar-refractivity contribution in [3.8, 4) is 5.75 Å². The molecular weight excluding hydrogens is 494 g/mol. The molecule has 3 aliphatic rings. The zero-order chi connectivity index (χ0) is 24.7. The number of ether oxygens (including phenoxy) is 1. The van der Waals surface area contributed by atoms with Crippen molar-refractivity contribution in [2.75, 3.05) is 26.2 Å². The van der Waals surface area contributed by atoms with E-state index < -0.39 is 41.4 Å². The fourth-order valence-corrected chi connectivity index (χ4v) is 7.41. The van der Waals surface area contributed by atoms with Gasteiger partial charge in [0.05, 0.1) is 10.9 Å².